The molecule has 3 heteroatoms. The van der Waals surface area contributed by atoms with Crippen molar-refractivity contribution in [3.63, 3.8) is 0 Å². The lowest BCUT2D eigenvalue weighted by atomic mass is 10.1. The maximum Gasteiger partial charge on any atom is 0.0606 e. The average molecular weight is 299 g/mol. The molecular formula is C18H37NO2. The Kier molecular flexibility index (Phi) is 15.4. The van der Waals surface area contributed by atoms with Crippen LogP contribution >= 0.6 is 0 Å². The van der Waals surface area contributed by atoms with E-state index in [-0.39, 0.29) is 13.2 Å². The number of unbranched alkanes of at least 4 members (excludes halogenated alkanes) is 9. The fourth-order valence-corrected chi connectivity index (χ4v) is 2.60. The molecule has 0 heterocycles. The van der Waals surface area contributed by atoms with Crippen molar-refractivity contribution in [2.75, 3.05) is 26.3 Å². The molecular weight excluding hydrogens is 262 g/mol. The van der Waals surface area contributed by atoms with Gasteiger partial charge in [0.1, 0.15) is 0 Å². The molecule has 0 saturated heterocycles. The van der Waals surface area contributed by atoms with Gasteiger partial charge in [0.25, 0.3) is 0 Å². The van der Waals surface area contributed by atoms with Gasteiger partial charge in [0.2, 0.25) is 0 Å². The highest BCUT2D eigenvalue weighted by Gasteiger charge is 2.03. The van der Waals surface area contributed by atoms with E-state index in [0.717, 1.165) is 6.42 Å². The van der Waals surface area contributed by atoms with E-state index in [1.807, 2.05) is 4.90 Å². The molecule has 0 radical (unpaired) electrons. The zero-order chi connectivity index (χ0) is 15.8. The van der Waals surface area contributed by atoms with Crippen molar-refractivity contribution in [3.05, 3.63) is 11.8 Å². The molecule has 0 aliphatic heterocycles. The van der Waals surface area contributed by atoms with E-state index in [1.54, 1.807) is 0 Å². The van der Waals surface area contributed by atoms with E-state index in [4.69, 9.17) is 10.2 Å². The van der Waals surface area contributed by atoms with Crippen molar-refractivity contribution in [3.8, 4) is 0 Å². The van der Waals surface area contributed by atoms with Crippen LogP contribution in [0.1, 0.15) is 78.1 Å². The summed E-state index contributed by atoms with van der Waals surface area (Å²) < 4.78 is 0. The van der Waals surface area contributed by atoms with E-state index in [9.17, 15) is 0 Å². The Balaban J connectivity index is 3.55. The lowest BCUT2D eigenvalue weighted by Crippen LogP contribution is -2.28. The van der Waals surface area contributed by atoms with Crippen LogP contribution in [0.3, 0.4) is 0 Å². The number of allylic oxidation sites excluding steroid dienone is 2. The van der Waals surface area contributed by atoms with Crippen LogP contribution < -0.4 is 0 Å². The Labute approximate surface area is 132 Å². The molecule has 21 heavy (non-hydrogen) atoms. The largest absolute Gasteiger partial charge is 0.395 e. The molecule has 0 spiro atoms. The second-order valence-electron chi connectivity index (χ2n) is 5.90. The molecule has 2 N–H and O–H groups in total. The number of hydrogen-bond donors (Lipinski definition) is 2. The summed E-state index contributed by atoms with van der Waals surface area (Å²) in [5, 5.41) is 18.0. The van der Waals surface area contributed by atoms with E-state index in [1.165, 1.54) is 63.5 Å². The zero-order valence-electron chi connectivity index (χ0n) is 14.3. The molecule has 0 saturated carbocycles. The molecule has 0 aliphatic carbocycles. The molecule has 0 bridgehead atoms. The van der Waals surface area contributed by atoms with Crippen LogP contribution in [-0.4, -0.2) is 41.4 Å². The number of aliphatic hydroxyl groups excluding tert-OH is 2. The van der Waals surface area contributed by atoms with Crippen LogP contribution in [-0.2, 0) is 0 Å². The molecule has 126 valence electrons. The molecule has 0 rings (SSSR count). The topological polar surface area (TPSA) is 43.7 Å². The fourth-order valence-electron chi connectivity index (χ4n) is 2.60. The Morgan fingerprint density at radius 2 is 1.29 bits per heavy atom. The van der Waals surface area contributed by atoms with Crippen molar-refractivity contribution >= 4 is 0 Å². The quantitative estimate of drug-likeness (QED) is 0.447. The van der Waals surface area contributed by atoms with Gasteiger partial charge in [-0.1, -0.05) is 64.4 Å². The molecule has 0 fully saturated rings. The smallest absolute Gasteiger partial charge is 0.0606 e. The Morgan fingerprint density at radius 1 is 0.810 bits per heavy atom. The minimum Gasteiger partial charge on any atom is -0.395 e. The predicted octanol–water partition coefficient (Wildman–Crippen LogP) is 4.10. The minimum atomic E-state index is 0.142. The number of aliphatic hydroxyl groups is 2. The Hall–Kier alpha value is -0.540. The molecule has 0 unspecified atom stereocenters. The van der Waals surface area contributed by atoms with Crippen molar-refractivity contribution in [2.45, 2.75) is 78.1 Å². The normalized spacial score (nSPS) is 11.9. The standard InChI is InChI=1S/C18H37NO2/c1-3-4-5-6-7-8-9-10-11-12-13-18(2)19(14-16-20)15-17-21/h13,20-21H,3-12,14-17H2,1-2H3. The van der Waals surface area contributed by atoms with Crippen molar-refractivity contribution in [1.29, 1.82) is 0 Å². The van der Waals surface area contributed by atoms with Crippen LogP contribution in [0.4, 0.5) is 0 Å². The summed E-state index contributed by atoms with van der Waals surface area (Å²) in [6.45, 7) is 5.84. The Morgan fingerprint density at radius 3 is 1.76 bits per heavy atom. The van der Waals surface area contributed by atoms with Gasteiger partial charge in [-0.2, -0.15) is 0 Å². The highest BCUT2D eigenvalue weighted by molar-refractivity contribution is 4.97. The molecule has 0 atom stereocenters. The monoisotopic (exact) mass is 299 g/mol. The summed E-state index contributed by atoms with van der Waals surface area (Å²) in [5.41, 5.74) is 1.18. The highest BCUT2D eigenvalue weighted by atomic mass is 16.3. The number of hydrogen-bond acceptors (Lipinski definition) is 3. The third kappa shape index (κ3) is 12.9. The maximum absolute atomic E-state index is 9.01. The summed E-state index contributed by atoms with van der Waals surface area (Å²) >= 11 is 0. The van der Waals surface area contributed by atoms with Crippen LogP contribution in [0.25, 0.3) is 0 Å². The average Bonchev–Trinajstić information content (AvgIpc) is 2.48. The third-order valence-corrected chi connectivity index (χ3v) is 3.99. The van der Waals surface area contributed by atoms with Gasteiger partial charge in [-0.05, 0) is 19.8 Å². The Bertz CT molecular complexity index is 235. The van der Waals surface area contributed by atoms with Gasteiger partial charge in [0.05, 0.1) is 13.2 Å². The van der Waals surface area contributed by atoms with Crippen molar-refractivity contribution in [1.82, 2.24) is 4.90 Å². The van der Waals surface area contributed by atoms with E-state index in [2.05, 4.69) is 19.9 Å². The van der Waals surface area contributed by atoms with Gasteiger partial charge in [-0.3, -0.25) is 0 Å². The van der Waals surface area contributed by atoms with Crippen molar-refractivity contribution in [2.24, 2.45) is 0 Å². The molecule has 0 aromatic heterocycles. The summed E-state index contributed by atoms with van der Waals surface area (Å²) in [6.07, 6.45) is 15.6. The lowest BCUT2D eigenvalue weighted by molar-refractivity contribution is 0.188. The SMILES string of the molecule is CCCCCCCCCCCC=C(C)N(CCO)CCO. The maximum atomic E-state index is 9.01. The number of rotatable bonds is 15. The summed E-state index contributed by atoms with van der Waals surface area (Å²) in [5.74, 6) is 0. The summed E-state index contributed by atoms with van der Waals surface area (Å²) in [7, 11) is 0. The lowest BCUT2D eigenvalue weighted by Gasteiger charge is -2.23. The van der Waals surface area contributed by atoms with E-state index >= 15 is 0 Å². The third-order valence-electron chi connectivity index (χ3n) is 3.99. The molecule has 0 amide bonds. The first-order valence-corrected chi connectivity index (χ1v) is 8.89. The fraction of sp³-hybridized carbons (Fsp3) is 0.889. The van der Waals surface area contributed by atoms with E-state index < -0.39 is 0 Å². The summed E-state index contributed by atoms with van der Waals surface area (Å²) in [4.78, 5) is 2.05. The van der Waals surface area contributed by atoms with Gasteiger partial charge >= 0.3 is 0 Å². The molecule has 0 aliphatic rings. The first-order valence-electron chi connectivity index (χ1n) is 8.89. The second kappa shape index (κ2) is 15.8. The van der Waals surface area contributed by atoms with Crippen molar-refractivity contribution < 1.29 is 10.2 Å². The molecule has 0 aromatic rings. The van der Waals surface area contributed by atoms with Gasteiger partial charge in [0.15, 0.2) is 0 Å². The van der Waals surface area contributed by atoms with Gasteiger partial charge in [-0.25, -0.2) is 0 Å². The zero-order valence-corrected chi connectivity index (χ0v) is 14.3. The van der Waals surface area contributed by atoms with Gasteiger partial charge < -0.3 is 15.1 Å². The minimum absolute atomic E-state index is 0.142. The molecule has 0 aromatic carbocycles. The highest BCUT2D eigenvalue weighted by Crippen LogP contribution is 2.12. The molecule has 3 nitrogen and oxygen atoms in total. The van der Waals surface area contributed by atoms with Crippen LogP contribution in [0.15, 0.2) is 11.8 Å². The van der Waals surface area contributed by atoms with Crippen LogP contribution in [0.2, 0.25) is 0 Å². The predicted molar refractivity (Wildman–Crippen MR) is 91.3 cm³/mol. The van der Waals surface area contributed by atoms with Crippen LogP contribution in [0.5, 0.6) is 0 Å². The van der Waals surface area contributed by atoms with Gasteiger partial charge in [0, 0.05) is 18.8 Å². The first kappa shape index (κ1) is 20.5. The van der Waals surface area contributed by atoms with Gasteiger partial charge in [-0.15, -0.1) is 0 Å². The van der Waals surface area contributed by atoms with E-state index in [0.29, 0.717) is 13.1 Å². The summed E-state index contributed by atoms with van der Waals surface area (Å²) in [6, 6.07) is 0. The van der Waals surface area contributed by atoms with Crippen LogP contribution in [0, 0.1) is 0 Å². The second-order valence-corrected chi connectivity index (χ2v) is 5.90. The number of nitrogens with zero attached hydrogens (tertiary/aromatic N) is 1. The first-order chi connectivity index (χ1) is 10.3.